The zero-order valence-electron chi connectivity index (χ0n) is 16.6. The Morgan fingerprint density at radius 3 is 2.27 bits per heavy atom. The third kappa shape index (κ3) is 4.56. The first-order chi connectivity index (χ1) is 14.4. The monoisotopic (exact) mass is 409 g/mol. The number of rotatable bonds is 6. The van der Waals surface area contributed by atoms with Crippen LogP contribution < -0.4 is 0 Å². The predicted octanol–water partition coefficient (Wildman–Crippen LogP) is 7.01. The molecule has 0 aliphatic heterocycles. The zero-order valence-corrected chi connectivity index (χ0v) is 16.6. The second-order valence-corrected chi connectivity index (χ2v) is 7.56. The summed E-state index contributed by atoms with van der Waals surface area (Å²) in [5.41, 5.74) is 5.19. The molecule has 0 bridgehead atoms. The Balaban J connectivity index is 1.51. The average molecular weight is 409 g/mol. The van der Waals surface area contributed by atoms with Crippen LogP contribution in [-0.4, -0.2) is 5.71 Å². The standard InChI is InChI=1S/C25H22F3NO/c1-17-21(8-5-9-23(17)18-6-3-2-4-7-18)16-30-29-24(19-10-11-19)20-12-14-22(15-13-20)25(26,27)28/h2-9,12-15,19H,10-11,16H2,1H3/b29-24+. The maximum absolute atomic E-state index is 12.8. The van der Waals surface area contributed by atoms with E-state index in [1.54, 1.807) is 0 Å². The number of nitrogens with zero attached hydrogens (tertiary/aromatic N) is 1. The van der Waals surface area contributed by atoms with Gasteiger partial charge in [0.2, 0.25) is 0 Å². The van der Waals surface area contributed by atoms with Crippen LogP contribution in [0.1, 0.15) is 35.1 Å². The van der Waals surface area contributed by atoms with Gasteiger partial charge >= 0.3 is 6.18 Å². The molecular formula is C25H22F3NO. The molecule has 3 aromatic rings. The fraction of sp³-hybridized carbons (Fsp3) is 0.240. The molecule has 0 radical (unpaired) electrons. The molecule has 5 heteroatoms. The van der Waals surface area contributed by atoms with Gasteiger partial charge in [-0.1, -0.05) is 65.8 Å². The molecule has 3 aromatic carbocycles. The second-order valence-electron chi connectivity index (χ2n) is 7.56. The Morgan fingerprint density at radius 2 is 1.63 bits per heavy atom. The lowest BCUT2D eigenvalue weighted by Gasteiger charge is -2.12. The van der Waals surface area contributed by atoms with Crippen molar-refractivity contribution in [2.75, 3.05) is 0 Å². The van der Waals surface area contributed by atoms with Gasteiger partial charge in [0.1, 0.15) is 6.61 Å². The van der Waals surface area contributed by atoms with Gasteiger partial charge in [0.05, 0.1) is 11.3 Å². The van der Waals surface area contributed by atoms with Crippen molar-refractivity contribution in [2.24, 2.45) is 11.1 Å². The molecule has 0 saturated heterocycles. The lowest BCUT2D eigenvalue weighted by Crippen LogP contribution is -2.08. The van der Waals surface area contributed by atoms with E-state index in [0.717, 1.165) is 52.9 Å². The van der Waals surface area contributed by atoms with Crippen LogP contribution in [0, 0.1) is 12.8 Å². The van der Waals surface area contributed by atoms with Crippen molar-refractivity contribution in [3.8, 4) is 11.1 Å². The maximum atomic E-state index is 12.8. The number of halogens is 3. The van der Waals surface area contributed by atoms with Crippen molar-refractivity contribution in [2.45, 2.75) is 32.5 Å². The zero-order chi connectivity index (χ0) is 21.1. The average Bonchev–Trinajstić information content (AvgIpc) is 3.58. The summed E-state index contributed by atoms with van der Waals surface area (Å²) in [6, 6.07) is 21.4. The molecule has 0 amide bonds. The van der Waals surface area contributed by atoms with Gasteiger partial charge < -0.3 is 4.84 Å². The van der Waals surface area contributed by atoms with Gasteiger partial charge in [-0.25, -0.2) is 0 Å². The maximum Gasteiger partial charge on any atom is 0.416 e. The molecule has 0 heterocycles. The molecule has 0 spiro atoms. The Morgan fingerprint density at radius 1 is 0.933 bits per heavy atom. The van der Waals surface area contributed by atoms with E-state index < -0.39 is 11.7 Å². The van der Waals surface area contributed by atoms with Gasteiger partial charge in [-0.3, -0.25) is 0 Å². The van der Waals surface area contributed by atoms with Crippen molar-refractivity contribution in [3.05, 3.63) is 95.1 Å². The third-order valence-electron chi connectivity index (χ3n) is 5.39. The molecular weight excluding hydrogens is 387 g/mol. The van der Waals surface area contributed by atoms with Gasteiger partial charge in [0.15, 0.2) is 0 Å². The normalized spacial score (nSPS) is 14.6. The second kappa shape index (κ2) is 8.34. The summed E-state index contributed by atoms with van der Waals surface area (Å²) in [6.07, 6.45) is -2.38. The van der Waals surface area contributed by atoms with E-state index in [1.807, 2.05) is 30.3 Å². The molecule has 154 valence electrons. The van der Waals surface area contributed by atoms with E-state index in [1.165, 1.54) is 12.1 Å². The van der Waals surface area contributed by atoms with Crippen LogP contribution in [0.25, 0.3) is 11.1 Å². The largest absolute Gasteiger partial charge is 0.416 e. The number of benzene rings is 3. The van der Waals surface area contributed by atoms with Gasteiger partial charge in [-0.15, -0.1) is 0 Å². The van der Waals surface area contributed by atoms with Crippen LogP contribution in [0.4, 0.5) is 13.2 Å². The number of hydrogen-bond donors (Lipinski definition) is 0. The van der Waals surface area contributed by atoms with Gasteiger partial charge in [-0.2, -0.15) is 13.2 Å². The SMILES string of the molecule is Cc1c(CO/N=C(/c2ccc(C(F)(F)F)cc2)C2CC2)cccc1-c1ccccc1. The summed E-state index contributed by atoms with van der Waals surface area (Å²) in [7, 11) is 0. The van der Waals surface area contributed by atoms with Crippen molar-refractivity contribution in [1.29, 1.82) is 0 Å². The van der Waals surface area contributed by atoms with Crippen LogP contribution in [0.3, 0.4) is 0 Å². The van der Waals surface area contributed by atoms with Gasteiger partial charge in [0.25, 0.3) is 0 Å². The Kier molecular flexibility index (Phi) is 5.62. The van der Waals surface area contributed by atoms with Crippen LogP contribution in [-0.2, 0) is 17.6 Å². The predicted molar refractivity (Wildman–Crippen MR) is 112 cm³/mol. The van der Waals surface area contributed by atoms with E-state index >= 15 is 0 Å². The highest BCUT2D eigenvalue weighted by Crippen LogP contribution is 2.35. The molecule has 1 aliphatic rings. The number of hydrogen-bond acceptors (Lipinski definition) is 2. The highest BCUT2D eigenvalue weighted by Gasteiger charge is 2.32. The molecule has 1 saturated carbocycles. The van der Waals surface area contributed by atoms with Gasteiger partial charge in [0, 0.05) is 5.92 Å². The molecule has 0 N–H and O–H groups in total. The number of alkyl halides is 3. The minimum absolute atomic E-state index is 0.249. The van der Waals surface area contributed by atoms with Crippen molar-refractivity contribution in [1.82, 2.24) is 0 Å². The van der Waals surface area contributed by atoms with Crippen molar-refractivity contribution in [3.63, 3.8) is 0 Å². The highest BCUT2D eigenvalue weighted by molar-refractivity contribution is 6.03. The van der Waals surface area contributed by atoms with Gasteiger partial charge in [-0.05, 0) is 59.7 Å². The lowest BCUT2D eigenvalue weighted by atomic mass is 9.97. The van der Waals surface area contributed by atoms with E-state index in [-0.39, 0.29) is 5.92 Å². The van der Waals surface area contributed by atoms with E-state index in [2.05, 4.69) is 30.3 Å². The fourth-order valence-corrected chi connectivity index (χ4v) is 3.49. The molecule has 4 rings (SSSR count). The molecule has 0 unspecified atom stereocenters. The quantitative estimate of drug-likeness (QED) is 0.317. The first kappa shape index (κ1) is 20.2. The van der Waals surface area contributed by atoms with Crippen LogP contribution in [0.15, 0.2) is 78.0 Å². The summed E-state index contributed by atoms with van der Waals surface area (Å²) in [5.74, 6) is 0.249. The molecule has 30 heavy (non-hydrogen) atoms. The van der Waals surface area contributed by atoms with Crippen LogP contribution >= 0.6 is 0 Å². The first-order valence-electron chi connectivity index (χ1n) is 9.95. The summed E-state index contributed by atoms with van der Waals surface area (Å²) < 4.78 is 38.5. The fourth-order valence-electron chi connectivity index (χ4n) is 3.49. The minimum Gasteiger partial charge on any atom is -0.391 e. The van der Waals surface area contributed by atoms with E-state index in [0.29, 0.717) is 12.2 Å². The van der Waals surface area contributed by atoms with Crippen LogP contribution in [0.5, 0.6) is 0 Å². The van der Waals surface area contributed by atoms with Crippen LogP contribution in [0.2, 0.25) is 0 Å². The van der Waals surface area contributed by atoms with E-state index in [9.17, 15) is 13.2 Å². The topological polar surface area (TPSA) is 21.6 Å². The smallest absolute Gasteiger partial charge is 0.391 e. The van der Waals surface area contributed by atoms with Crippen molar-refractivity contribution < 1.29 is 18.0 Å². The molecule has 1 aliphatic carbocycles. The lowest BCUT2D eigenvalue weighted by molar-refractivity contribution is -0.137. The Bertz CT molecular complexity index is 1040. The summed E-state index contributed by atoms with van der Waals surface area (Å²) in [6.45, 7) is 2.37. The highest BCUT2D eigenvalue weighted by atomic mass is 19.4. The Labute approximate surface area is 174 Å². The third-order valence-corrected chi connectivity index (χ3v) is 5.39. The van der Waals surface area contributed by atoms with E-state index in [4.69, 9.17) is 4.84 Å². The summed E-state index contributed by atoms with van der Waals surface area (Å²) >= 11 is 0. The molecule has 1 fully saturated rings. The summed E-state index contributed by atoms with van der Waals surface area (Å²) in [4.78, 5) is 5.67. The summed E-state index contributed by atoms with van der Waals surface area (Å²) in [5, 5.41) is 4.32. The number of oxime groups is 1. The Hall–Kier alpha value is -3.08. The van der Waals surface area contributed by atoms with Crippen molar-refractivity contribution >= 4 is 5.71 Å². The first-order valence-corrected chi connectivity index (χ1v) is 9.95. The minimum atomic E-state index is -4.34. The molecule has 0 atom stereocenters. The molecule has 2 nitrogen and oxygen atoms in total. The molecule has 0 aromatic heterocycles.